The highest BCUT2D eigenvalue weighted by Gasteiger charge is 2.27. The molecule has 0 aliphatic carbocycles. The maximum absolute atomic E-state index is 13.6. The number of benzene rings is 1. The fourth-order valence-corrected chi connectivity index (χ4v) is 2.46. The molecular formula is C14H19FN2O. The van der Waals surface area contributed by atoms with Crippen LogP contribution in [0.25, 0.3) is 0 Å². The van der Waals surface area contributed by atoms with E-state index in [-0.39, 0.29) is 23.7 Å². The maximum atomic E-state index is 13.6. The molecular weight excluding hydrogens is 231 g/mol. The van der Waals surface area contributed by atoms with E-state index < -0.39 is 0 Å². The van der Waals surface area contributed by atoms with Crippen LogP contribution >= 0.6 is 0 Å². The van der Waals surface area contributed by atoms with E-state index in [0.717, 1.165) is 24.9 Å². The van der Waals surface area contributed by atoms with E-state index in [0.29, 0.717) is 5.56 Å². The summed E-state index contributed by atoms with van der Waals surface area (Å²) in [7, 11) is 1.64. The van der Waals surface area contributed by atoms with Crippen molar-refractivity contribution in [1.82, 2.24) is 10.6 Å². The fraction of sp³-hybridized carbons (Fsp3) is 0.500. The molecule has 1 aliphatic heterocycles. The molecule has 0 radical (unpaired) electrons. The second-order valence-corrected chi connectivity index (χ2v) is 4.85. The molecule has 2 atom stereocenters. The van der Waals surface area contributed by atoms with Crippen molar-refractivity contribution in [2.24, 2.45) is 0 Å². The first kappa shape index (κ1) is 13.0. The molecule has 4 heteroatoms. The lowest BCUT2D eigenvalue weighted by Crippen LogP contribution is -2.47. The summed E-state index contributed by atoms with van der Waals surface area (Å²) in [5.74, 6) is 0.0958. The van der Waals surface area contributed by atoms with Crippen LogP contribution in [0.15, 0.2) is 18.2 Å². The van der Waals surface area contributed by atoms with Gasteiger partial charge in [0.1, 0.15) is 5.82 Å². The predicted molar refractivity (Wildman–Crippen MR) is 69.0 cm³/mol. The SMILES string of the molecule is CNC(=O)C1CC(c2ccc(C)c(F)c2)CCN1. The van der Waals surface area contributed by atoms with Crippen LogP contribution in [0, 0.1) is 12.7 Å². The van der Waals surface area contributed by atoms with Gasteiger partial charge in [-0.2, -0.15) is 0 Å². The van der Waals surface area contributed by atoms with E-state index >= 15 is 0 Å². The Labute approximate surface area is 107 Å². The molecule has 1 aromatic rings. The molecule has 0 bridgehead atoms. The number of carbonyl (C=O) groups is 1. The van der Waals surface area contributed by atoms with Crippen LogP contribution in [0.1, 0.15) is 29.9 Å². The summed E-state index contributed by atoms with van der Waals surface area (Å²) in [6.45, 7) is 2.55. The molecule has 18 heavy (non-hydrogen) atoms. The van der Waals surface area contributed by atoms with Crippen molar-refractivity contribution in [3.05, 3.63) is 35.1 Å². The molecule has 0 saturated carbocycles. The smallest absolute Gasteiger partial charge is 0.236 e. The minimum Gasteiger partial charge on any atom is -0.358 e. The highest BCUT2D eigenvalue weighted by molar-refractivity contribution is 5.81. The van der Waals surface area contributed by atoms with E-state index in [1.807, 2.05) is 12.1 Å². The predicted octanol–water partition coefficient (Wildman–Crippen LogP) is 1.72. The van der Waals surface area contributed by atoms with Crippen LogP contribution in [0.4, 0.5) is 4.39 Å². The normalized spacial score (nSPS) is 23.7. The van der Waals surface area contributed by atoms with Gasteiger partial charge in [0.05, 0.1) is 6.04 Å². The van der Waals surface area contributed by atoms with Gasteiger partial charge in [-0.3, -0.25) is 4.79 Å². The first-order chi connectivity index (χ1) is 8.61. The zero-order valence-corrected chi connectivity index (χ0v) is 10.8. The molecule has 1 aromatic carbocycles. The third kappa shape index (κ3) is 2.70. The Morgan fingerprint density at radius 1 is 1.50 bits per heavy atom. The van der Waals surface area contributed by atoms with Gasteiger partial charge in [0.25, 0.3) is 0 Å². The van der Waals surface area contributed by atoms with Crippen LogP contribution in [0.3, 0.4) is 0 Å². The van der Waals surface area contributed by atoms with Gasteiger partial charge in [-0.05, 0) is 49.4 Å². The van der Waals surface area contributed by atoms with Crippen LogP contribution in [-0.4, -0.2) is 25.5 Å². The van der Waals surface area contributed by atoms with Gasteiger partial charge in [-0.15, -0.1) is 0 Å². The third-order valence-electron chi connectivity index (χ3n) is 3.63. The van der Waals surface area contributed by atoms with Crippen molar-refractivity contribution in [2.45, 2.75) is 31.7 Å². The standard InChI is InChI=1S/C14H19FN2O/c1-9-3-4-10(7-12(9)15)11-5-6-17-13(8-11)14(18)16-2/h3-4,7,11,13,17H,5-6,8H2,1-2H3,(H,16,18). The number of likely N-dealkylation sites (N-methyl/N-ethyl adjacent to an activating group) is 1. The molecule has 2 rings (SSSR count). The number of hydrogen-bond acceptors (Lipinski definition) is 2. The lowest BCUT2D eigenvalue weighted by Gasteiger charge is -2.29. The maximum Gasteiger partial charge on any atom is 0.236 e. The topological polar surface area (TPSA) is 41.1 Å². The lowest BCUT2D eigenvalue weighted by atomic mass is 9.86. The molecule has 3 nitrogen and oxygen atoms in total. The Balaban J connectivity index is 2.13. The van der Waals surface area contributed by atoms with Crippen LogP contribution in [0.2, 0.25) is 0 Å². The average Bonchev–Trinajstić information content (AvgIpc) is 2.41. The Morgan fingerprint density at radius 3 is 2.94 bits per heavy atom. The van der Waals surface area contributed by atoms with Gasteiger partial charge < -0.3 is 10.6 Å². The minimum absolute atomic E-state index is 0.00674. The number of carbonyl (C=O) groups excluding carboxylic acids is 1. The van der Waals surface area contributed by atoms with Crippen LogP contribution in [-0.2, 0) is 4.79 Å². The number of nitrogens with one attached hydrogen (secondary N) is 2. The molecule has 2 unspecified atom stereocenters. The molecule has 2 N–H and O–H groups in total. The number of amides is 1. The average molecular weight is 250 g/mol. The summed E-state index contributed by atoms with van der Waals surface area (Å²) in [6.07, 6.45) is 1.66. The van der Waals surface area contributed by atoms with Crippen molar-refractivity contribution in [2.75, 3.05) is 13.6 Å². The molecule has 0 aromatic heterocycles. The number of halogens is 1. The second kappa shape index (κ2) is 5.48. The highest BCUT2D eigenvalue weighted by atomic mass is 19.1. The quantitative estimate of drug-likeness (QED) is 0.839. The monoisotopic (exact) mass is 250 g/mol. The minimum atomic E-state index is -0.168. The highest BCUT2D eigenvalue weighted by Crippen LogP contribution is 2.28. The van der Waals surface area contributed by atoms with E-state index in [4.69, 9.17) is 0 Å². The summed E-state index contributed by atoms with van der Waals surface area (Å²) in [6, 6.07) is 5.21. The van der Waals surface area contributed by atoms with Crippen molar-refractivity contribution in [1.29, 1.82) is 0 Å². The first-order valence-electron chi connectivity index (χ1n) is 6.33. The van der Waals surface area contributed by atoms with Gasteiger partial charge in [-0.1, -0.05) is 12.1 Å². The third-order valence-corrected chi connectivity index (χ3v) is 3.63. The van der Waals surface area contributed by atoms with Gasteiger partial charge in [0.2, 0.25) is 5.91 Å². The Bertz CT molecular complexity index is 447. The molecule has 1 amide bonds. The zero-order chi connectivity index (χ0) is 13.1. The van der Waals surface area contributed by atoms with Gasteiger partial charge in [-0.25, -0.2) is 4.39 Å². The van der Waals surface area contributed by atoms with Gasteiger partial charge >= 0.3 is 0 Å². The van der Waals surface area contributed by atoms with Crippen LogP contribution in [0.5, 0.6) is 0 Å². The number of hydrogen-bond donors (Lipinski definition) is 2. The lowest BCUT2D eigenvalue weighted by molar-refractivity contribution is -0.123. The Morgan fingerprint density at radius 2 is 2.28 bits per heavy atom. The van der Waals surface area contributed by atoms with E-state index in [1.54, 1.807) is 20.0 Å². The number of piperidine rings is 1. The summed E-state index contributed by atoms with van der Waals surface area (Å²) in [4.78, 5) is 11.6. The second-order valence-electron chi connectivity index (χ2n) is 4.85. The van der Waals surface area contributed by atoms with Crippen molar-refractivity contribution < 1.29 is 9.18 Å². The van der Waals surface area contributed by atoms with Crippen LogP contribution < -0.4 is 10.6 Å². The number of aryl methyl sites for hydroxylation is 1. The van der Waals surface area contributed by atoms with Crippen molar-refractivity contribution in [3.8, 4) is 0 Å². The summed E-state index contributed by atoms with van der Waals surface area (Å²) in [5, 5.41) is 5.84. The fourth-order valence-electron chi connectivity index (χ4n) is 2.46. The van der Waals surface area contributed by atoms with Gasteiger partial charge in [0.15, 0.2) is 0 Å². The largest absolute Gasteiger partial charge is 0.358 e. The number of rotatable bonds is 2. The van der Waals surface area contributed by atoms with Gasteiger partial charge in [0, 0.05) is 7.05 Å². The summed E-state index contributed by atoms with van der Waals surface area (Å²) < 4.78 is 13.6. The molecule has 1 fully saturated rings. The summed E-state index contributed by atoms with van der Waals surface area (Å²) >= 11 is 0. The van der Waals surface area contributed by atoms with Crippen molar-refractivity contribution in [3.63, 3.8) is 0 Å². The summed E-state index contributed by atoms with van der Waals surface area (Å²) in [5.41, 5.74) is 1.66. The van der Waals surface area contributed by atoms with E-state index in [1.165, 1.54) is 0 Å². The van der Waals surface area contributed by atoms with E-state index in [2.05, 4.69) is 10.6 Å². The molecule has 0 spiro atoms. The molecule has 1 aliphatic rings. The Kier molecular flexibility index (Phi) is 3.97. The van der Waals surface area contributed by atoms with Crippen molar-refractivity contribution >= 4 is 5.91 Å². The zero-order valence-electron chi connectivity index (χ0n) is 10.8. The molecule has 98 valence electrons. The Hall–Kier alpha value is -1.42. The van der Waals surface area contributed by atoms with E-state index in [9.17, 15) is 9.18 Å². The first-order valence-corrected chi connectivity index (χ1v) is 6.33. The molecule has 1 heterocycles. The molecule has 1 saturated heterocycles.